The molecule has 4 aliphatic rings. The summed E-state index contributed by atoms with van der Waals surface area (Å²) in [5.41, 5.74) is 0. The van der Waals surface area contributed by atoms with Crippen LogP contribution in [0.2, 0.25) is 0 Å². The molecule has 5 rings (SSSR count). The Bertz CT molecular complexity index is 942. The molecule has 3 heterocycles. The molecule has 2 atom stereocenters. The summed E-state index contributed by atoms with van der Waals surface area (Å²) in [4.78, 5) is 15.5. The van der Waals surface area contributed by atoms with Crippen molar-refractivity contribution in [3.8, 4) is 11.5 Å². The average Bonchev–Trinajstić information content (AvgIpc) is 3.08. The van der Waals surface area contributed by atoms with Crippen LogP contribution in [0.1, 0.15) is 51.4 Å². The van der Waals surface area contributed by atoms with Gasteiger partial charge in [0.15, 0.2) is 11.5 Å². The highest BCUT2D eigenvalue weighted by Gasteiger charge is 2.38. The van der Waals surface area contributed by atoms with Gasteiger partial charge in [-0.05, 0) is 49.7 Å². The quantitative estimate of drug-likeness (QED) is 0.689. The Morgan fingerprint density at radius 3 is 2.34 bits per heavy atom. The van der Waals surface area contributed by atoms with Crippen LogP contribution in [0.25, 0.3) is 0 Å². The van der Waals surface area contributed by atoms with Gasteiger partial charge in [-0.2, -0.15) is 4.31 Å². The number of sulfonamides is 1. The van der Waals surface area contributed by atoms with Crippen molar-refractivity contribution in [2.24, 2.45) is 17.8 Å². The molecule has 3 fully saturated rings. The molecule has 2 saturated heterocycles. The number of likely N-dealkylation sites (tertiary alicyclic amines) is 1. The van der Waals surface area contributed by atoms with E-state index in [1.807, 2.05) is 0 Å². The standard InChI is InChI=1S/C24H34N2O5S/c27-24(25-11-8-18-4-1-2-5-20(18)17-25)19-9-12-26(13-10-19)32(28,29)21-6-7-22-23(16-21)31-15-3-14-30-22/h6-7,16,18-20H,1-5,8-15,17H2/t18-,20-/m0/s1. The van der Waals surface area contributed by atoms with Crippen LogP contribution in [0.4, 0.5) is 0 Å². The van der Waals surface area contributed by atoms with Gasteiger partial charge in [-0.3, -0.25) is 4.79 Å². The summed E-state index contributed by atoms with van der Waals surface area (Å²) in [7, 11) is -3.62. The van der Waals surface area contributed by atoms with E-state index >= 15 is 0 Å². The Kier molecular flexibility index (Phi) is 6.34. The van der Waals surface area contributed by atoms with Crippen molar-refractivity contribution < 1.29 is 22.7 Å². The Balaban J connectivity index is 1.20. The summed E-state index contributed by atoms with van der Waals surface area (Å²) in [5, 5.41) is 0. The normalized spacial score (nSPS) is 27.4. The number of rotatable bonds is 3. The predicted molar refractivity (Wildman–Crippen MR) is 120 cm³/mol. The van der Waals surface area contributed by atoms with Gasteiger partial charge in [0.2, 0.25) is 15.9 Å². The largest absolute Gasteiger partial charge is 0.490 e. The van der Waals surface area contributed by atoms with E-state index < -0.39 is 10.0 Å². The molecule has 0 N–H and O–H groups in total. The first-order valence-corrected chi connectivity index (χ1v) is 13.6. The number of nitrogens with zero attached hydrogens (tertiary/aromatic N) is 2. The molecule has 0 spiro atoms. The van der Waals surface area contributed by atoms with Gasteiger partial charge in [-0.25, -0.2) is 8.42 Å². The molecular formula is C24H34N2O5S. The lowest BCUT2D eigenvalue weighted by molar-refractivity contribution is -0.139. The number of hydrogen-bond donors (Lipinski definition) is 0. The molecule has 32 heavy (non-hydrogen) atoms. The lowest BCUT2D eigenvalue weighted by atomic mass is 9.75. The number of benzene rings is 1. The monoisotopic (exact) mass is 462 g/mol. The molecule has 3 aliphatic heterocycles. The highest BCUT2D eigenvalue weighted by Crippen LogP contribution is 2.37. The summed E-state index contributed by atoms with van der Waals surface area (Å²) in [6.45, 7) is 3.62. The molecular weight excluding hydrogens is 428 g/mol. The van der Waals surface area contributed by atoms with E-state index in [2.05, 4.69) is 4.90 Å². The third kappa shape index (κ3) is 4.36. The minimum Gasteiger partial charge on any atom is -0.490 e. The Labute approximate surface area is 191 Å². The molecule has 1 amide bonds. The molecule has 1 aromatic carbocycles. The van der Waals surface area contributed by atoms with E-state index in [1.54, 1.807) is 18.2 Å². The van der Waals surface area contributed by atoms with Gasteiger partial charge >= 0.3 is 0 Å². The van der Waals surface area contributed by atoms with Crippen LogP contribution in [0.5, 0.6) is 11.5 Å². The van der Waals surface area contributed by atoms with Gasteiger partial charge in [0.1, 0.15) is 0 Å². The average molecular weight is 463 g/mol. The Hall–Kier alpha value is -1.80. The van der Waals surface area contributed by atoms with Crippen LogP contribution in [-0.4, -0.2) is 62.9 Å². The smallest absolute Gasteiger partial charge is 0.243 e. The van der Waals surface area contributed by atoms with E-state index in [0.29, 0.717) is 56.6 Å². The first-order chi connectivity index (χ1) is 15.5. The minimum absolute atomic E-state index is 0.0645. The second-order valence-electron chi connectivity index (χ2n) is 9.71. The molecule has 0 unspecified atom stereocenters. The summed E-state index contributed by atoms with van der Waals surface area (Å²) < 4.78 is 39.3. The molecule has 0 radical (unpaired) electrons. The molecule has 7 nitrogen and oxygen atoms in total. The van der Waals surface area contributed by atoms with Crippen LogP contribution in [0.15, 0.2) is 23.1 Å². The van der Waals surface area contributed by atoms with Gasteiger partial charge in [0, 0.05) is 44.6 Å². The topological polar surface area (TPSA) is 76.2 Å². The van der Waals surface area contributed by atoms with Crippen LogP contribution in [0.3, 0.4) is 0 Å². The van der Waals surface area contributed by atoms with Crippen molar-refractivity contribution in [1.82, 2.24) is 9.21 Å². The van der Waals surface area contributed by atoms with Crippen LogP contribution >= 0.6 is 0 Å². The van der Waals surface area contributed by atoms with Gasteiger partial charge in [0.05, 0.1) is 18.1 Å². The number of ether oxygens (including phenoxy) is 2. The first-order valence-electron chi connectivity index (χ1n) is 12.2. The fourth-order valence-corrected chi connectivity index (χ4v) is 7.34. The van der Waals surface area contributed by atoms with Crippen molar-refractivity contribution in [2.75, 3.05) is 39.4 Å². The van der Waals surface area contributed by atoms with Crippen molar-refractivity contribution in [3.05, 3.63) is 18.2 Å². The number of hydrogen-bond acceptors (Lipinski definition) is 5. The maximum atomic E-state index is 13.2. The third-order valence-electron chi connectivity index (χ3n) is 7.76. The zero-order valence-electron chi connectivity index (χ0n) is 18.7. The second kappa shape index (κ2) is 9.21. The molecule has 176 valence electrons. The lowest BCUT2D eigenvalue weighted by Crippen LogP contribution is -2.49. The molecule has 1 aliphatic carbocycles. The van der Waals surface area contributed by atoms with Gasteiger partial charge < -0.3 is 14.4 Å². The fourth-order valence-electron chi connectivity index (χ4n) is 5.86. The van der Waals surface area contributed by atoms with Gasteiger partial charge in [-0.1, -0.05) is 19.3 Å². The van der Waals surface area contributed by atoms with Crippen LogP contribution in [0, 0.1) is 17.8 Å². The number of piperidine rings is 2. The van der Waals surface area contributed by atoms with Crippen molar-refractivity contribution >= 4 is 15.9 Å². The van der Waals surface area contributed by atoms with Gasteiger partial charge in [-0.15, -0.1) is 0 Å². The molecule has 0 bridgehead atoms. The van der Waals surface area contributed by atoms with Gasteiger partial charge in [0.25, 0.3) is 0 Å². The molecule has 8 heteroatoms. The maximum absolute atomic E-state index is 13.2. The summed E-state index contributed by atoms with van der Waals surface area (Å²) >= 11 is 0. The van der Waals surface area contributed by atoms with E-state index in [9.17, 15) is 13.2 Å². The first kappa shape index (κ1) is 22.0. The number of carbonyl (C=O) groups is 1. The number of carbonyl (C=O) groups excluding carboxylic acids is 1. The molecule has 1 aromatic rings. The highest BCUT2D eigenvalue weighted by atomic mass is 32.2. The maximum Gasteiger partial charge on any atom is 0.243 e. The van der Waals surface area contributed by atoms with Crippen LogP contribution in [-0.2, 0) is 14.8 Å². The van der Waals surface area contributed by atoms with Crippen molar-refractivity contribution in [1.29, 1.82) is 0 Å². The number of fused-ring (bicyclic) bond motifs is 2. The SMILES string of the molecule is O=C(C1CCN(S(=O)(=O)c2ccc3c(c2)OCCCO3)CC1)N1CC[C@@H]2CCCC[C@H]2C1. The third-order valence-corrected chi connectivity index (χ3v) is 9.66. The zero-order chi connectivity index (χ0) is 22.1. The van der Waals surface area contributed by atoms with E-state index in [1.165, 1.54) is 30.0 Å². The zero-order valence-corrected chi connectivity index (χ0v) is 19.5. The van der Waals surface area contributed by atoms with Crippen LogP contribution < -0.4 is 9.47 Å². The lowest BCUT2D eigenvalue weighted by Gasteiger charge is -2.43. The summed E-state index contributed by atoms with van der Waals surface area (Å²) in [5.74, 6) is 2.72. The van der Waals surface area contributed by atoms with E-state index in [4.69, 9.17) is 9.47 Å². The predicted octanol–water partition coefficient (Wildman–Crippen LogP) is 3.29. The van der Waals surface area contributed by atoms with E-state index in [-0.39, 0.29) is 16.7 Å². The Morgan fingerprint density at radius 1 is 0.844 bits per heavy atom. The second-order valence-corrected chi connectivity index (χ2v) is 11.7. The summed E-state index contributed by atoms with van der Waals surface area (Å²) in [6.07, 6.45) is 8.29. The molecule has 1 saturated carbocycles. The summed E-state index contributed by atoms with van der Waals surface area (Å²) in [6, 6.07) is 4.84. The fraction of sp³-hybridized carbons (Fsp3) is 0.708. The molecule has 0 aromatic heterocycles. The number of amides is 1. The minimum atomic E-state index is -3.62. The Morgan fingerprint density at radius 2 is 1.56 bits per heavy atom. The van der Waals surface area contributed by atoms with Crippen molar-refractivity contribution in [2.45, 2.75) is 56.3 Å². The van der Waals surface area contributed by atoms with Crippen molar-refractivity contribution in [3.63, 3.8) is 0 Å². The van der Waals surface area contributed by atoms with E-state index in [0.717, 1.165) is 31.8 Å². The highest BCUT2D eigenvalue weighted by molar-refractivity contribution is 7.89.